The number of nitrogens with zero attached hydrogens (tertiary/aromatic N) is 2. The number of nitrogens with one attached hydrogen (secondary N) is 3. The number of aliphatic hydroxyl groups excluding tert-OH is 1. The van der Waals surface area contributed by atoms with Gasteiger partial charge in [0.05, 0.1) is 12.6 Å². The number of hydrogen-bond donors (Lipinski definition) is 4. The molecule has 0 spiro atoms. The molecule has 33 heavy (non-hydrogen) atoms. The van der Waals surface area contributed by atoms with Gasteiger partial charge >= 0.3 is 0 Å². The Hall–Kier alpha value is -3.59. The Morgan fingerprint density at radius 2 is 1.91 bits per heavy atom. The lowest BCUT2D eigenvalue weighted by atomic mass is 10.1. The molecule has 4 N–H and O–H groups in total. The maximum atomic E-state index is 12.8. The summed E-state index contributed by atoms with van der Waals surface area (Å²) in [6.07, 6.45) is 3.80. The minimum atomic E-state index is -0.373. The van der Waals surface area contributed by atoms with Crippen molar-refractivity contribution in [1.82, 2.24) is 25.4 Å². The Labute approximate surface area is 192 Å². The molecule has 1 atom stereocenters. The zero-order valence-electron chi connectivity index (χ0n) is 18.6. The summed E-state index contributed by atoms with van der Waals surface area (Å²) in [7, 11) is 0. The van der Waals surface area contributed by atoms with Gasteiger partial charge in [0.2, 0.25) is 5.91 Å². The van der Waals surface area contributed by atoms with E-state index in [1.165, 1.54) is 0 Å². The second-order valence-corrected chi connectivity index (χ2v) is 8.49. The quantitative estimate of drug-likeness (QED) is 0.514. The monoisotopic (exact) mass is 451 g/mol. The van der Waals surface area contributed by atoms with Crippen molar-refractivity contribution < 1.29 is 14.7 Å². The fourth-order valence-electron chi connectivity index (χ4n) is 4.09. The third-order valence-corrected chi connectivity index (χ3v) is 6.02. The van der Waals surface area contributed by atoms with Crippen LogP contribution in [0.15, 0.2) is 59.3 Å². The average Bonchev–Trinajstić information content (AvgIpc) is 3.24. The number of aromatic amines is 1. The first-order chi connectivity index (χ1) is 15.9. The number of aliphatic hydroxyl groups is 1. The first kappa shape index (κ1) is 22.6. The number of rotatable bonds is 6. The van der Waals surface area contributed by atoms with E-state index in [1.54, 1.807) is 30.3 Å². The molecule has 1 aromatic heterocycles. The first-order valence-electron chi connectivity index (χ1n) is 11.1. The standard InChI is InChI=1S/C24H29N5O4/c1-16-11-18(12-25-23(16)32)22-27-20(15-29(22)14-17-5-3-2-4-6-17)24(33)26-13-21(31)28-9-7-19(30)8-10-28/h2-6,11-12,15,19,22,27,30H,7-10,13-14H2,1H3,(H,25,32)(H,26,33). The molecule has 2 amide bonds. The van der Waals surface area contributed by atoms with Crippen LogP contribution in [-0.2, 0) is 16.1 Å². The van der Waals surface area contributed by atoms with Crippen molar-refractivity contribution >= 4 is 11.8 Å². The van der Waals surface area contributed by atoms with Crippen molar-refractivity contribution in [2.45, 2.75) is 38.6 Å². The van der Waals surface area contributed by atoms with Crippen LogP contribution in [0, 0.1) is 6.92 Å². The minimum absolute atomic E-state index is 0.102. The minimum Gasteiger partial charge on any atom is -0.393 e. The highest BCUT2D eigenvalue weighted by molar-refractivity contribution is 5.95. The molecule has 174 valence electrons. The van der Waals surface area contributed by atoms with Crippen LogP contribution in [0.25, 0.3) is 0 Å². The number of aromatic nitrogens is 1. The topological polar surface area (TPSA) is 118 Å². The van der Waals surface area contributed by atoms with E-state index in [0.717, 1.165) is 11.1 Å². The maximum Gasteiger partial charge on any atom is 0.269 e. The van der Waals surface area contributed by atoms with Crippen LogP contribution in [0.4, 0.5) is 0 Å². The number of carbonyl (C=O) groups is 2. The summed E-state index contributed by atoms with van der Waals surface area (Å²) in [6, 6.07) is 11.7. The maximum absolute atomic E-state index is 12.8. The van der Waals surface area contributed by atoms with Crippen LogP contribution < -0.4 is 16.2 Å². The number of aryl methyl sites for hydroxylation is 1. The SMILES string of the molecule is Cc1cc(C2NC(C(=O)NCC(=O)N3CCC(O)CC3)=CN2Cc2ccccc2)c[nH]c1=O. The number of amides is 2. The molecule has 0 radical (unpaired) electrons. The largest absolute Gasteiger partial charge is 0.393 e. The number of likely N-dealkylation sites (tertiary alicyclic amines) is 1. The van der Waals surface area contributed by atoms with Gasteiger partial charge in [-0.2, -0.15) is 0 Å². The Kier molecular flexibility index (Phi) is 6.79. The fraction of sp³-hybridized carbons (Fsp3) is 0.375. The molecule has 2 aliphatic rings. The molecule has 1 unspecified atom stereocenters. The number of H-pyrrole nitrogens is 1. The normalized spacial score (nSPS) is 18.6. The van der Waals surface area contributed by atoms with Gasteiger partial charge in [0, 0.05) is 43.2 Å². The Morgan fingerprint density at radius 3 is 2.61 bits per heavy atom. The summed E-state index contributed by atoms with van der Waals surface area (Å²) in [4.78, 5) is 43.5. The smallest absolute Gasteiger partial charge is 0.269 e. The van der Waals surface area contributed by atoms with Gasteiger partial charge < -0.3 is 30.5 Å². The summed E-state index contributed by atoms with van der Waals surface area (Å²) in [5.41, 5.74) is 2.68. The van der Waals surface area contributed by atoms with Gasteiger partial charge in [0.15, 0.2) is 0 Å². The Balaban J connectivity index is 1.45. The fourth-order valence-corrected chi connectivity index (χ4v) is 4.09. The van der Waals surface area contributed by atoms with Crippen LogP contribution in [0.5, 0.6) is 0 Å². The molecule has 0 saturated carbocycles. The number of piperidine rings is 1. The van der Waals surface area contributed by atoms with Crippen LogP contribution in [0.2, 0.25) is 0 Å². The third-order valence-electron chi connectivity index (χ3n) is 6.02. The van der Waals surface area contributed by atoms with E-state index in [-0.39, 0.29) is 36.2 Å². The van der Waals surface area contributed by atoms with E-state index >= 15 is 0 Å². The van der Waals surface area contributed by atoms with Gasteiger partial charge in [-0.15, -0.1) is 0 Å². The number of carbonyl (C=O) groups excluding carboxylic acids is 2. The highest BCUT2D eigenvalue weighted by atomic mass is 16.3. The van der Waals surface area contributed by atoms with Gasteiger partial charge in [0.25, 0.3) is 11.5 Å². The first-order valence-corrected chi connectivity index (χ1v) is 11.1. The molecule has 3 heterocycles. The predicted molar refractivity (Wildman–Crippen MR) is 123 cm³/mol. The summed E-state index contributed by atoms with van der Waals surface area (Å²) >= 11 is 0. The molecule has 9 nitrogen and oxygen atoms in total. The van der Waals surface area contributed by atoms with Crippen LogP contribution in [-0.4, -0.2) is 57.4 Å². The molecule has 0 aliphatic carbocycles. The van der Waals surface area contributed by atoms with Gasteiger partial charge in [0.1, 0.15) is 11.9 Å². The second kappa shape index (κ2) is 9.91. The van der Waals surface area contributed by atoms with Crippen molar-refractivity contribution in [3.8, 4) is 0 Å². The molecular weight excluding hydrogens is 422 g/mol. The molecule has 1 fully saturated rings. The van der Waals surface area contributed by atoms with Gasteiger partial charge in [-0.1, -0.05) is 30.3 Å². The molecule has 1 aromatic carbocycles. The van der Waals surface area contributed by atoms with E-state index in [4.69, 9.17) is 0 Å². The number of benzene rings is 1. The summed E-state index contributed by atoms with van der Waals surface area (Å²) in [6.45, 7) is 3.19. The summed E-state index contributed by atoms with van der Waals surface area (Å²) < 4.78 is 0. The van der Waals surface area contributed by atoms with Gasteiger partial charge in [-0.3, -0.25) is 14.4 Å². The van der Waals surface area contributed by atoms with E-state index in [2.05, 4.69) is 15.6 Å². The predicted octanol–water partition coefficient (Wildman–Crippen LogP) is 0.728. The Bertz CT molecular complexity index is 1090. The number of hydrogen-bond acceptors (Lipinski definition) is 6. The highest BCUT2D eigenvalue weighted by Crippen LogP contribution is 2.27. The zero-order chi connectivity index (χ0) is 23.4. The van der Waals surface area contributed by atoms with Crippen molar-refractivity contribution in [3.05, 3.63) is 81.5 Å². The van der Waals surface area contributed by atoms with Gasteiger partial charge in [-0.25, -0.2) is 0 Å². The Morgan fingerprint density at radius 1 is 1.18 bits per heavy atom. The highest BCUT2D eigenvalue weighted by Gasteiger charge is 2.30. The number of pyridine rings is 1. The summed E-state index contributed by atoms with van der Waals surface area (Å²) in [5, 5.41) is 15.5. The summed E-state index contributed by atoms with van der Waals surface area (Å²) in [5.74, 6) is -0.537. The van der Waals surface area contributed by atoms with E-state index in [1.807, 2.05) is 35.2 Å². The molecule has 4 rings (SSSR count). The van der Waals surface area contributed by atoms with Crippen molar-refractivity contribution in [1.29, 1.82) is 0 Å². The molecule has 1 saturated heterocycles. The third kappa shape index (κ3) is 5.43. The zero-order valence-corrected chi connectivity index (χ0v) is 18.6. The molecule has 2 aliphatic heterocycles. The molecule has 9 heteroatoms. The van der Waals surface area contributed by atoms with Crippen molar-refractivity contribution in [3.63, 3.8) is 0 Å². The van der Waals surface area contributed by atoms with E-state index in [9.17, 15) is 19.5 Å². The van der Waals surface area contributed by atoms with Crippen LogP contribution in [0.3, 0.4) is 0 Å². The second-order valence-electron chi connectivity index (χ2n) is 8.49. The molecule has 0 bridgehead atoms. The van der Waals surface area contributed by atoms with Crippen LogP contribution in [0.1, 0.15) is 35.7 Å². The van der Waals surface area contributed by atoms with Gasteiger partial charge in [-0.05, 0) is 31.4 Å². The lowest BCUT2D eigenvalue weighted by molar-refractivity contribution is -0.134. The van der Waals surface area contributed by atoms with E-state index in [0.29, 0.717) is 43.7 Å². The van der Waals surface area contributed by atoms with Crippen molar-refractivity contribution in [2.24, 2.45) is 0 Å². The van der Waals surface area contributed by atoms with Crippen molar-refractivity contribution in [2.75, 3.05) is 19.6 Å². The lowest BCUT2D eigenvalue weighted by Gasteiger charge is -2.29. The van der Waals surface area contributed by atoms with E-state index < -0.39 is 0 Å². The molecule has 2 aromatic rings. The molecular formula is C24H29N5O4. The average molecular weight is 452 g/mol. The van der Waals surface area contributed by atoms with Crippen LogP contribution >= 0.6 is 0 Å². The lowest BCUT2D eigenvalue weighted by Crippen LogP contribution is -2.45.